The van der Waals surface area contributed by atoms with E-state index in [2.05, 4.69) is 10.0 Å². The monoisotopic (exact) mass is 428 g/mol. The zero-order valence-corrected chi connectivity index (χ0v) is 17.7. The Morgan fingerprint density at radius 1 is 1.07 bits per heavy atom. The number of anilines is 1. The van der Waals surface area contributed by atoms with Gasteiger partial charge in [-0.1, -0.05) is 12.1 Å². The molecule has 0 aliphatic heterocycles. The molecule has 158 valence electrons. The molecule has 0 saturated carbocycles. The normalized spacial score (nSPS) is 11.1. The Balaban J connectivity index is 1.49. The van der Waals surface area contributed by atoms with Crippen molar-refractivity contribution in [3.63, 3.8) is 0 Å². The molecule has 0 radical (unpaired) electrons. The molecule has 3 rings (SSSR count). The summed E-state index contributed by atoms with van der Waals surface area (Å²) in [6.07, 6.45) is 1.87. The summed E-state index contributed by atoms with van der Waals surface area (Å²) in [6, 6.07) is 18.2. The summed E-state index contributed by atoms with van der Waals surface area (Å²) in [5, 5.41) is 2.84. The molecule has 30 heavy (non-hydrogen) atoms. The number of rotatable bonds is 9. The van der Waals surface area contributed by atoms with E-state index in [4.69, 9.17) is 9.15 Å². The predicted octanol–water partition coefficient (Wildman–Crippen LogP) is 3.58. The molecule has 0 unspecified atom stereocenters. The van der Waals surface area contributed by atoms with Crippen LogP contribution in [0.25, 0.3) is 11.3 Å². The number of furan rings is 1. The molecular weight excluding hydrogens is 404 g/mol. The van der Waals surface area contributed by atoms with Gasteiger partial charge in [0.05, 0.1) is 13.4 Å². The van der Waals surface area contributed by atoms with E-state index in [0.29, 0.717) is 18.7 Å². The smallest absolute Gasteiger partial charge is 0.229 e. The first-order chi connectivity index (χ1) is 14.3. The zero-order chi connectivity index (χ0) is 21.6. The molecule has 2 aromatic carbocycles. The van der Waals surface area contributed by atoms with Gasteiger partial charge in [-0.25, -0.2) is 8.42 Å². The van der Waals surface area contributed by atoms with Crippen molar-refractivity contribution < 1.29 is 22.4 Å². The maximum Gasteiger partial charge on any atom is 0.229 e. The van der Waals surface area contributed by atoms with Crippen LogP contribution in [-0.2, 0) is 27.8 Å². The third kappa shape index (κ3) is 6.38. The first-order valence-electron chi connectivity index (χ1n) is 9.39. The fourth-order valence-corrected chi connectivity index (χ4v) is 3.46. The lowest BCUT2D eigenvalue weighted by Gasteiger charge is -2.08. The molecule has 0 aliphatic rings. The molecule has 7 nitrogen and oxygen atoms in total. The Morgan fingerprint density at radius 3 is 2.53 bits per heavy atom. The van der Waals surface area contributed by atoms with Crippen molar-refractivity contribution in [2.75, 3.05) is 18.1 Å². The second kappa shape index (κ2) is 9.49. The van der Waals surface area contributed by atoms with Crippen molar-refractivity contribution in [2.24, 2.45) is 0 Å². The van der Waals surface area contributed by atoms with Gasteiger partial charge in [-0.3, -0.25) is 9.52 Å². The second-order valence-corrected chi connectivity index (χ2v) is 8.59. The van der Waals surface area contributed by atoms with Crippen molar-refractivity contribution in [1.29, 1.82) is 0 Å². The summed E-state index contributed by atoms with van der Waals surface area (Å²) in [4.78, 5) is 12.2. The highest BCUT2D eigenvalue weighted by Gasteiger charge is 2.09. The van der Waals surface area contributed by atoms with Gasteiger partial charge in [0.25, 0.3) is 0 Å². The van der Waals surface area contributed by atoms with Gasteiger partial charge in [-0.05, 0) is 54.1 Å². The van der Waals surface area contributed by atoms with Gasteiger partial charge >= 0.3 is 0 Å². The van der Waals surface area contributed by atoms with Crippen LogP contribution in [0, 0.1) is 0 Å². The Hall–Kier alpha value is -3.26. The van der Waals surface area contributed by atoms with Gasteiger partial charge in [0.15, 0.2) is 0 Å². The van der Waals surface area contributed by atoms with Gasteiger partial charge in [0, 0.05) is 30.6 Å². The number of hydrogen-bond donors (Lipinski definition) is 2. The van der Waals surface area contributed by atoms with E-state index < -0.39 is 10.0 Å². The predicted molar refractivity (Wildman–Crippen MR) is 116 cm³/mol. The van der Waals surface area contributed by atoms with Crippen molar-refractivity contribution >= 4 is 21.6 Å². The number of benzene rings is 2. The molecule has 3 aromatic rings. The van der Waals surface area contributed by atoms with E-state index in [1.807, 2.05) is 42.5 Å². The van der Waals surface area contributed by atoms with Gasteiger partial charge in [0.1, 0.15) is 17.3 Å². The highest BCUT2D eigenvalue weighted by Crippen LogP contribution is 2.25. The lowest BCUT2D eigenvalue weighted by molar-refractivity contribution is -0.121. The third-order valence-corrected chi connectivity index (χ3v) is 4.96. The standard InChI is InChI=1S/C22H24N2O5S/c1-28-19-8-6-17(7-9-19)21-12-10-20(29-21)11-13-22(25)23-15-16-4-3-5-18(14-16)24-30(2,26)27/h3-10,12,14,24H,11,13,15H2,1-2H3,(H,23,25). The molecule has 1 aromatic heterocycles. The molecule has 1 amide bonds. The van der Waals surface area contributed by atoms with Crippen LogP contribution in [0.2, 0.25) is 0 Å². The maximum atomic E-state index is 12.2. The minimum atomic E-state index is -3.34. The van der Waals surface area contributed by atoms with Crippen LogP contribution in [-0.4, -0.2) is 27.7 Å². The minimum absolute atomic E-state index is 0.112. The Morgan fingerprint density at radius 2 is 1.83 bits per heavy atom. The van der Waals surface area contributed by atoms with E-state index in [-0.39, 0.29) is 12.3 Å². The van der Waals surface area contributed by atoms with E-state index in [1.54, 1.807) is 25.3 Å². The second-order valence-electron chi connectivity index (χ2n) is 6.85. The molecule has 0 saturated heterocycles. The number of aryl methyl sites for hydroxylation is 1. The molecule has 1 heterocycles. The van der Waals surface area contributed by atoms with Crippen molar-refractivity contribution in [1.82, 2.24) is 5.32 Å². The number of sulfonamides is 1. The van der Waals surface area contributed by atoms with E-state index in [1.165, 1.54) is 0 Å². The number of ether oxygens (including phenoxy) is 1. The Kier molecular flexibility index (Phi) is 6.79. The highest BCUT2D eigenvalue weighted by molar-refractivity contribution is 7.92. The average molecular weight is 429 g/mol. The SMILES string of the molecule is COc1ccc(-c2ccc(CCC(=O)NCc3cccc(NS(C)(=O)=O)c3)o2)cc1. The quantitative estimate of drug-likeness (QED) is 0.543. The van der Waals surface area contributed by atoms with E-state index in [9.17, 15) is 13.2 Å². The number of carbonyl (C=O) groups is 1. The van der Waals surface area contributed by atoms with Crippen LogP contribution in [0.5, 0.6) is 5.75 Å². The molecular formula is C22H24N2O5S. The number of hydrogen-bond acceptors (Lipinski definition) is 5. The molecule has 0 atom stereocenters. The van der Waals surface area contributed by atoms with Crippen LogP contribution < -0.4 is 14.8 Å². The molecule has 0 bridgehead atoms. The zero-order valence-electron chi connectivity index (χ0n) is 16.8. The average Bonchev–Trinajstić information content (AvgIpc) is 3.19. The van der Waals surface area contributed by atoms with Gasteiger partial charge < -0.3 is 14.5 Å². The molecule has 0 fully saturated rings. The number of carbonyl (C=O) groups excluding carboxylic acids is 1. The van der Waals surface area contributed by atoms with Crippen LogP contribution in [0.1, 0.15) is 17.7 Å². The summed E-state index contributed by atoms with van der Waals surface area (Å²) >= 11 is 0. The van der Waals surface area contributed by atoms with Crippen LogP contribution in [0.4, 0.5) is 5.69 Å². The fourth-order valence-electron chi connectivity index (χ4n) is 2.91. The minimum Gasteiger partial charge on any atom is -0.497 e. The first kappa shape index (κ1) is 21.4. The lowest BCUT2D eigenvalue weighted by Crippen LogP contribution is -2.23. The first-order valence-corrected chi connectivity index (χ1v) is 11.3. The van der Waals surface area contributed by atoms with Crippen LogP contribution in [0.3, 0.4) is 0 Å². The number of methoxy groups -OCH3 is 1. The summed E-state index contributed by atoms with van der Waals surface area (Å²) in [7, 11) is -1.72. The van der Waals surface area contributed by atoms with E-state index in [0.717, 1.165) is 34.7 Å². The molecule has 0 aliphatic carbocycles. The topological polar surface area (TPSA) is 97.6 Å². The summed E-state index contributed by atoms with van der Waals surface area (Å²) in [5.74, 6) is 2.14. The van der Waals surface area contributed by atoms with Crippen LogP contribution in [0.15, 0.2) is 65.1 Å². The number of amides is 1. The lowest BCUT2D eigenvalue weighted by atomic mass is 10.2. The molecule has 8 heteroatoms. The summed E-state index contributed by atoms with van der Waals surface area (Å²) in [5.41, 5.74) is 2.21. The third-order valence-electron chi connectivity index (χ3n) is 4.35. The van der Waals surface area contributed by atoms with Gasteiger partial charge in [-0.2, -0.15) is 0 Å². The summed E-state index contributed by atoms with van der Waals surface area (Å²) in [6.45, 7) is 0.313. The fraction of sp³-hybridized carbons (Fsp3) is 0.227. The Labute approximate surface area is 176 Å². The van der Waals surface area contributed by atoms with Crippen molar-refractivity contribution in [3.05, 3.63) is 72.0 Å². The molecule has 0 spiro atoms. The van der Waals surface area contributed by atoms with Crippen molar-refractivity contribution in [2.45, 2.75) is 19.4 Å². The van der Waals surface area contributed by atoms with Gasteiger partial charge in [0.2, 0.25) is 15.9 Å². The largest absolute Gasteiger partial charge is 0.497 e. The van der Waals surface area contributed by atoms with Crippen molar-refractivity contribution in [3.8, 4) is 17.1 Å². The van der Waals surface area contributed by atoms with Gasteiger partial charge in [-0.15, -0.1) is 0 Å². The number of nitrogens with one attached hydrogen (secondary N) is 2. The highest BCUT2D eigenvalue weighted by atomic mass is 32.2. The van der Waals surface area contributed by atoms with Crippen LogP contribution >= 0.6 is 0 Å². The molecule has 2 N–H and O–H groups in total. The Bertz CT molecular complexity index is 1100. The summed E-state index contributed by atoms with van der Waals surface area (Å²) < 4.78 is 36.1. The maximum absolute atomic E-state index is 12.2. The van der Waals surface area contributed by atoms with E-state index >= 15 is 0 Å².